The minimum absolute atomic E-state index is 0.0837. The van der Waals surface area contributed by atoms with Gasteiger partial charge in [-0.1, -0.05) is 19.1 Å². The van der Waals surface area contributed by atoms with Gasteiger partial charge in [0.25, 0.3) is 5.91 Å². The Morgan fingerprint density at radius 2 is 2.12 bits per heavy atom. The van der Waals surface area contributed by atoms with Crippen molar-refractivity contribution < 1.29 is 19.0 Å². The fraction of sp³-hybridized carbons (Fsp3) is 0.520. The number of methoxy groups -OCH3 is 1. The van der Waals surface area contributed by atoms with Gasteiger partial charge in [-0.25, -0.2) is 0 Å². The Bertz CT molecular complexity index is 931. The molecule has 32 heavy (non-hydrogen) atoms. The Morgan fingerprint density at radius 3 is 2.69 bits per heavy atom. The van der Waals surface area contributed by atoms with Crippen molar-refractivity contribution in [1.82, 2.24) is 10.2 Å². The van der Waals surface area contributed by atoms with Gasteiger partial charge in [0.2, 0.25) is 11.5 Å². The van der Waals surface area contributed by atoms with E-state index < -0.39 is 5.79 Å². The molecule has 2 heterocycles. The van der Waals surface area contributed by atoms with Crippen molar-refractivity contribution in [2.24, 2.45) is 16.8 Å². The van der Waals surface area contributed by atoms with Crippen molar-refractivity contribution in [3.63, 3.8) is 0 Å². The summed E-state index contributed by atoms with van der Waals surface area (Å²) in [6.45, 7) is 16.4. The van der Waals surface area contributed by atoms with Crippen LogP contribution in [0.15, 0.2) is 41.6 Å². The lowest BCUT2D eigenvalue weighted by Gasteiger charge is -2.33. The molecule has 1 aromatic carbocycles. The number of allylic oxidation sites excluding steroid dienone is 2. The van der Waals surface area contributed by atoms with Crippen molar-refractivity contribution >= 4 is 11.6 Å². The molecule has 0 aliphatic carbocycles. The highest BCUT2D eigenvalue weighted by molar-refractivity contribution is 5.98. The van der Waals surface area contributed by atoms with Gasteiger partial charge in [-0.05, 0) is 26.0 Å². The number of nitrogens with zero attached hydrogens (tertiary/aromatic N) is 2. The molecule has 0 aromatic heterocycles. The summed E-state index contributed by atoms with van der Waals surface area (Å²) in [7, 11) is 1.56. The van der Waals surface area contributed by atoms with Crippen LogP contribution in [0.1, 0.15) is 45.0 Å². The summed E-state index contributed by atoms with van der Waals surface area (Å²) >= 11 is 0. The molecule has 7 heteroatoms. The molecule has 3 rings (SSSR count). The number of amides is 1. The lowest BCUT2D eigenvalue weighted by molar-refractivity contribution is -0.0439. The highest BCUT2D eigenvalue weighted by Gasteiger charge is 2.36. The Labute approximate surface area is 191 Å². The average Bonchev–Trinajstić information content (AvgIpc) is 3.05. The summed E-state index contributed by atoms with van der Waals surface area (Å²) in [4.78, 5) is 20.2. The standard InChI is InChI=1S/C25H35N3O4/c1-8-16(3)20(9-2)27-17(4)14-28(15-18-12-26-13-18)24(29)19-10-21(30-7)23-22(11-19)31-25(5,6)32-23/h8-11,16,18,26H,1,12-15H2,2-7H3/b20-9+,27-17?. The Kier molecular flexibility index (Phi) is 7.29. The summed E-state index contributed by atoms with van der Waals surface area (Å²) in [6.07, 6.45) is 3.86. The average molecular weight is 442 g/mol. The zero-order valence-corrected chi connectivity index (χ0v) is 20.0. The first-order valence-corrected chi connectivity index (χ1v) is 11.1. The molecule has 0 radical (unpaired) electrons. The van der Waals surface area contributed by atoms with E-state index in [1.807, 2.05) is 44.7 Å². The van der Waals surface area contributed by atoms with Gasteiger partial charge in [0, 0.05) is 62.3 Å². The van der Waals surface area contributed by atoms with Crippen molar-refractivity contribution in [2.75, 3.05) is 33.3 Å². The molecule has 2 aliphatic rings. The summed E-state index contributed by atoms with van der Waals surface area (Å²) < 4.78 is 17.2. The number of aliphatic imine (C=N–C) groups is 1. The first kappa shape index (κ1) is 23.9. The molecule has 1 amide bonds. The van der Waals surface area contributed by atoms with Crippen LogP contribution in [0, 0.1) is 11.8 Å². The Hall–Kier alpha value is -2.80. The molecule has 0 saturated carbocycles. The van der Waals surface area contributed by atoms with Crippen molar-refractivity contribution in [2.45, 2.75) is 40.4 Å². The second-order valence-electron chi connectivity index (χ2n) is 8.90. The van der Waals surface area contributed by atoms with Crippen LogP contribution in [0.5, 0.6) is 17.2 Å². The second-order valence-corrected chi connectivity index (χ2v) is 8.90. The van der Waals surface area contributed by atoms with Gasteiger partial charge in [-0.2, -0.15) is 0 Å². The molecular formula is C25H35N3O4. The van der Waals surface area contributed by atoms with Gasteiger partial charge in [0.1, 0.15) is 0 Å². The summed E-state index contributed by atoms with van der Waals surface area (Å²) in [5.41, 5.74) is 2.33. The van der Waals surface area contributed by atoms with E-state index >= 15 is 0 Å². The number of hydrogen-bond donors (Lipinski definition) is 1. The monoisotopic (exact) mass is 441 g/mol. The molecule has 1 fully saturated rings. The lowest BCUT2D eigenvalue weighted by atomic mass is 10.0. The SMILES string of the molecule is C=CC(C)/C(=C\C)N=C(C)CN(CC1CNC1)C(=O)c1cc(OC)c2c(c1)OC(C)(C)O2. The molecule has 0 spiro atoms. The molecule has 0 bridgehead atoms. The maximum absolute atomic E-state index is 13.6. The van der Waals surface area contributed by atoms with Crippen LogP contribution in [-0.4, -0.2) is 55.6 Å². The van der Waals surface area contributed by atoms with E-state index in [2.05, 4.69) is 18.8 Å². The normalized spacial score (nSPS) is 18.7. The first-order valence-electron chi connectivity index (χ1n) is 11.1. The van der Waals surface area contributed by atoms with Crippen LogP contribution in [0.25, 0.3) is 0 Å². The third kappa shape index (κ3) is 5.33. The Morgan fingerprint density at radius 1 is 1.41 bits per heavy atom. The number of ether oxygens (including phenoxy) is 3. The van der Waals surface area contributed by atoms with E-state index in [9.17, 15) is 4.79 Å². The minimum atomic E-state index is -0.803. The van der Waals surface area contributed by atoms with Crippen molar-refractivity contribution in [3.05, 3.63) is 42.1 Å². The molecule has 7 nitrogen and oxygen atoms in total. The minimum Gasteiger partial charge on any atom is -0.493 e. The molecular weight excluding hydrogens is 406 g/mol. The fourth-order valence-corrected chi connectivity index (χ4v) is 3.83. The first-order chi connectivity index (χ1) is 15.2. The number of benzene rings is 1. The number of nitrogens with one attached hydrogen (secondary N) is 1. The highest BCUT2D eigenvalue weighted by atomic mass is 16.7. The zero-order chi connectivity index (χ0) is 23.5. The zero-order valence-electron chi connectivity index (χ0n) is 20.0. The number of carbonyl (C=O) groups excluding carboxylic acids is 1. The second kappa shape index (κ2) is 9.77. The van der Waals surface area contributed by atoms with Crippen LogP contribution in [0.3, 0.4) is 0 Å². The predicted molar refractivity (Wildman–Crippen MR) is 127 cm³/mol. The third-order valence-corrected chi connectivity index (χ3v) is 5.68. The summed E-state index contributed by atoms with van der Waals surface area (Å²) in [5.74, 6) is 1.22. The van der Waals surface area contributed by atoms with Crippen LogP contribution in [-0.2, 0) is 0 Å². The number of carbonyl (C=O) groups is 1. The molecule has 1 aromatic rings. The number of rotatable bonds is 9. The smallest absolute Gasteiger partial charge is 0.254 e. The van der Waals surface area contributed by atoms with E-state index in [1.165, 1.54) is 0 Å². The molecule has 1 saturated heterocycles. The van der Waals surface area contributed by atoms with Gasteiger partial charge < -0.3 is 24.4 Å². The molecule has 1 N–H and O–H groups in total. The van der Waals surface area contributed by atoms with Crippen molar-refractivity contribution in [3.8, 4) is 17.2 Å². The maximum atomic E-state index is 13.6. The quantitative estimate of drug-likeness (QED) is 0.462. The number of fused-ring (bicyclic) bond motifs is 1. The molecule has 2 aliphatic heterocycles. The third-order valence-electron chi connectivity index (χ3n) is 5.68. The van der Waals surface area contributed by atoms with E-state index in [0.29, 0.717) is 41.8 Å². The highest BCUT2D eigenvalue weighted by Crippen LogP contribution is 2.46. The molecule has 174 valence electrons. The van der Waals surface area contributed by atoms with Gasteiger partial charge in [-0.3, -0.25) is 9.79 Å². The summed E-state index contributed by atoms with van der Waals surface area (Å²) in [6, 6.07) is 3.46. The van der Waals surface area contributed by atoms with E-state index in [-0.39, 0.29) is 11.8 Å². The topological polar surface area (TPSA) is 72.4 Å². The number of hydrogen-bond acceptors (Lipinski definition) is 6. The van der Waals surface area contributed by atoms with E-state index in [1.54, 1.807) is 19.2 Å². The van der Waals surface area contributed by atoms with Gasteiger partial charge in [-0.15, -0.1) is 6.58 Å². The largest absolute Gasteiger partial charge is 0.493 e. The maximum Gasteiger partial charge on any atom is 0.254 e. The predicted octanol–water partition coefficient (Wildman–Crippen LogP) is 4.05. The molecule has 1 unspecified atom stereocenters. The van der Waals surface area contributed by atoms with Crippen LogP contribution in [0.2, 0.25) is 0 Å². The lowest BCUT2D eigenvalue weighted by Crippen LogP contribution is -2.50. The van der Waals surface area contributed by atoms with E-state index in [0.717, 1.165) is 24.5 Å². The van der Waals surface area contributed by atoms with E-state index in [4.69, 9.17) is 19.2 Å². The van der Waals surface area contributed by atoms with Crippen LogP contribution >= 0.6 is 0 Å². The van der Waals surface area contributed by atoms with Crippen molar-refractivity contribution in [1.29, 1.82) is 0 Å². The molecule has 1 atom stereocenters. The van der Waals surface area contributed by atoms with Gasteiger partial charge in [0.05, 0.1) is 13.7 Å². The summed E-state index contributed by atoms with van der Waals surface area (Å²) in [5, 5.41) is 3.28. The van der Waals surface area contributed by atoms with Crippen LogP contribution < -0.4 is 19.5 Å². The van der Waals surface area contributed by atoms with Gasteiger partial charge >= 0.3 is 0 Å². The van der Waals surface area contributed by atoms with Crippen LogP contribution in [0.4, 0.5) is 0 Å². The van der Waals surface area contributed by atoms with Gasteiger partial charge in [0.15, 0.2) is 11.5 Å². The fourth-order valence-electron chi connectivity index (χ4n) is 3.83. The Balaban J connectivity index is 1.88.